The first kappa shape index (κ1) is 21.8. The van der Waals surface area contributed by atoms with Crippen LogP contribution in [0.4, 0.5) is 5.69 Å². The lowest BCUT2D eigenvalue weighted by molar-refractivity contribution is -0.120. The Labute approximate surface area is 182 Å². The van der Waals surface area contributed by atoms with E-state index in [0.29, 0.717) is 17.0 Å². The molecular formula is C25H25N3O3. The van der Waals surface area contributed by atoms with Crippen molar-refractivity contribution >= 4 is 23.2 Å². The number of carbonyl (C=O) groups excluding carboxylic acids is 2. The second-order valence-corrected chi connectivity index (χ2v) is 7.10. The highest BCUT2D eigenvalue weighted by Crippen LogP contribution is 2.14. The van der Waals surface area contributed by atoms with Crippen LogP contribution in [0.5, 0.6) is 5.75 Å². The quantitative estimate of drug-likeness (QED) is 0.445. The molecule has 3 rings (SSSR count). The first-order valence-corrected chi connectivity index (χ1v) is 9.90. The number of carbonyl (C=O) groups is 2. The summed E-state index contributed by atoms with van der Waals surface area (Å²) in [4.78, 5) is 24.6. The Morgan fingerprint density at radius 2 is 1.61 bits per heavy atom. The van der Waals surface area contributed by atoms with Crippen LogP contribution in [0.15, 0.2) is 77.9 Å². The fourth-order valence-corrected chi connectivity index (χ4v) is 3.00. The summed E-state index contributed by atoms with van der Waals surface area (Å²) in [6, 6.07) is 22.1. The van der Waals surface area contributed by atoms with Gasteiger partial charge in [-0.15, -0.1) is 0 Å². The van der Waals surface area contributed by atoms with Crippen molar-refractivity contribution in [2.24, 2.45) is 5.10 Å². The summed E-state index contributed by atoms with van der Waals surface area (Å²) in [7, 11) is 1.60. The molecule has 0 radical (unpaired) electrons. The maximum absolute atomic E-state index is 12.4. The average Bonchev–Trinajstić information content (AvgIpc) is 2.78. The monoisotopic (exact) mass is 415 g/mol. The highest BCUT2D eigenvalue weighted by molar-refractivity contribution is 6.05. The molecule has 6 nitrogen and oxygen atoms in total. The van der Waals surface area contributed by atoms with E-state index in [1.165, 1.54) is 0 Å². The van der Waals surface area contributed by atoms with E-state index in [4.69, 9.17) is 4.74 Å². The number of hydrogen-bond acceptors (Lipinski definition) is 4. The number of amides is 2. The van der Waals surface area contributed by atoms with Crippen LogP contribution in [0.1, 0.15) is 34.0 Å². The van der Waals surface area contributed by atoms with Gasteiger partial charge in [0.2, 0.25) is 5.91 Å². The zero-order chi connectivity index (χ0) is 22.2. The molecule has 0 unspecified atom stereocenters. The maximum atomic E-state index is 12.4. The molecule has 2 N–H and O–H groups in total. The molecule has 0 aliphatic heterocycles. The smallest absolute Gasteiger partial charge is 0.255 e. The van der Waals surface area contributed by atoms with Crippen LogP contribution >= 0.6 is 0 Å². The summed E-state index contributed by atoms with van der Waals surface area (Å²) >= 11 is 0. The minimum absolute atomic E-state index is 0.151. The Kier molecular flexibility index (Phi) is 7.17. The minimum Gasteiger partial charge on any atom is -0.497 e. The first-order chi connectivity index (χ1) is 15.0. The van der Waals surface area contributed by atoms with E-state index in [9.17, 15) is 9.59 Å². The van der Waals surface area contributed by atoms with Gasteiger partial charge in [0.05, 0.1) is 19.2 Å². The number of hydrogen-bond donors (Lipinski definition) is 2. The average molecular weight is 415 g/mol. The summed E-state index contributed by atoms with van der Waals surface area (Å²) in [6.07, 6.45) is 0.227. The molecule has 0 atom stereocenters. The summed E-state index contributed by atoms with van der Waals surface area (Å²) in [5.41, 5.74) is 7.22. The third kappa shape index (κ3) is 6.02. The van der Waals surface area contributed by atoms with Gasteiger partial charge >= 0.3 is 0 Å². The second-order valence-electron chi connectivity index (χ2n) is 7.10. The van der Waals surface area contributed by atoms with Crippen LogP contribution in [0, 0.1) is 6.92 Å². The van der Waals surface area contributed by atoms with Crippen LogP contribution < -0.4 is 15.5 Å². The molecule has 0 aliphatic rings. The van der Waals surface area contributed by atoms with Gasteiger partial charge in [-0.2, -0.15) is 5.10 Å². The molecule has 0 saturated carbocycles. The third-order valence-corrected chi connectivity index (χ3v) is 4.82. The number of nitrogens with one attached hydrogen (secondary N) is 2. The fourth-order valence-electron chi connectivity index (χ4n) is 3.00. The molecule has 0 saturated heterocycles. The van der Waals surface area contributed by atoms with Gasteiger partial charge < -0.3 is 10.1 Å². The Hall–Kier alpha value is -3.93. The van der Waals surface area contributed by atoms with Crippen LogP contribution in [-0.4, -0.2) is 24.6 Å². The highest BCUT2D eigenvalue weighted by atomic mass is 16.5. The molecule has 0 aliphatic carbocycles. The Morgan fingerprint density at radius 3 is 2.26 bits per heavy atom. The summed E-state index contributed by atoms with van der Waals surface area (Å²) in [5, 5.41) is 7.07. The molecule has 0 bridgehead atoms. The zero-order valence-electron chi connectivity index (χ0n) is 17.8. The van der Waals surface area contributed by atoms with Crippen molar-refractivity contribution in [2.75, 3.05) is 12.4 Å². The highest BCUT2D eigenvalue weighted by Gasteiger charge is 2.09. The summed E-state index contributed by atoms with van der Waals surface area (Å²) < 4.78 is 5.11. The van der Waals surface area contributed by atoms with Gasteiger partial charge in [-0.3, -0.25) is 9.59 Å². The van der Waals surface area contributed by atoms with Crippen molar-refractivity contribution in [3.05, 3.63) is 95.1 Å². The van der Waals surface area contributed by atoms with Crippen molar-refractivity contribution in [1.82, 2.24) is 5.43 Å². The van der Waals surface area contributed by atoms with E-state index in [-0.39, 0.29) is 18.2 Å². The van der Waals surface area contributed by atoms with Crippen molar-refractivity contribution < 1.29 is 14.3 Å². The number of benzene rings is 3. The number of aryl methyl sites for hydroxylation is 1. The molecule has 3 aromatic carbocycles. The van der Waals surface area contributed by atoms with E-state index in [1.807, 2.05) is 80.6 Å². The number of ether oxygens (including phenoxy) is 1. The lowest BCUT2D eigenvalue weighted by atomic mass is 10.1. The summed E-state index contributed by atoms with van der Waals surface area (Å²) in [5.74, 6) is 0.394. The van der Waals surface area contributed by atoms with E-state index in [2.05, 4.69) is 15.8 Å². The lowest BCUT2D eigenvalue weighted by Crippen LogP contribution is -2.21. The molecule has 0 aromatic heterocycles. The minimum atomic E-state index is -0.202. The topological polar surface area (TPSA) is 79.8 Å². The van der Waals surface area contributed by atoms with Gasteiger partial charge in [-0.25, -0.2) is 5.43 Å². The zero-order valence-corrected chi connectivity index (χ0v) is 17.8. The van der Waals surface area contributed by atoms with E-state index in [0.717, 1.165) is 22.4 Å². The van der Waals surface area contributed by atoms with Gasteiger partial charge in [0.15, 0.2) is 0 Å². The molecule has 0 heterocycles. The molecule has 0 spiro atoms. The molecule has 31 heavy (non-hydrogen) atoms. The predicted octanol–water partition coefficient (Wildman–Crippen LogP) is 4.34. The Balaban J connectivity index is 1.57. The van der Waals surface area contributed by atoms with E-state index < -0.39 is 0 Å². The van der Waals surface area contributed by atoms with Crippen LogP contribution in [-0.2, 0) is 11.2 Å². The van der Waals surface area contributed by atoms with Crippen molar-refractivity contribution in [2.45, 2.75) is 20.3 Å². The second kappa shape index (κ2) is 10.2. The standard InChI is InChI=1S/C25H25N3O3/c1-17-6-4-5-7-23(17)25(30)26-21-12-10-20(11-13-21)18(2)27-28-24(29)16-19-8-14-22(31-3)15-9-19/h4-15H,16H2,1-3H3,(H,26,30)(H,28,29). The number of nitrogens with zero attached hydrogens (tertiary/aromatic N) is 1. The third-order valence-electron chi connectivity index (χ3n) is 4.82. The van der Waals surface area contributed by atoms with Crippen LogP contribution in [0.3, 0.4) is 0 Å². The largest absolute Gasteiger partial charge is 0.497 e. The number of methoxy groups -OCH3 is 1. The van der Waals surface area contributed by atoms with Gasteiger partial charge in [-0.1, -0.05) is 42.5 Å². The van der Waals surface area contributed by atoms with E-state index in [1.54, 1.807) is 13.2 Å². The van der Waals surface area contributed by atoms with Crippen LogP contribution in [0.2, 0.25) is 0 Å². The van der Waals surface area contributed by atoms with E-state index >= 15 is 0 Å². The molecule has 158 valence electrons. The van der Waals surface area contributed by atoms with Gasteiger partial charge in [0.1, 0.15) is 5.75 Å². The van der Waals surface area contributed by atoms with Crippen molar-refractivity contribution in [1.29, 1.82) is 0 Å². The normalized spacial score (nSPS) is 11.0. The Bertz CT molecular complexity index is 1090. The predicted molar refractivity (Wildman–Crippen MR) is 123 cm³/mol. The fraction of sp³-hybridized carbons (Fsp3) is 0.160. The SMILES string of the molecule is COc1ccc(CC(=O)NN=C(C)c2ccc(NC(=O)c3ccccc3C)cc2)cc1. The number of rotatable bonds is 7. The number of anilines is 1. The Morgan fingerprint density at radius 1 is 0.935 bits per heavy atom. The molecule has 2 amide bonds. The number of hydrazone groups is 1. The molecule has 6 heteroatoms. The first-order valence-electron chi connectivity index (χ1n) is 9.90. The van der Waals surface area contributed by atoms with Crippen molar-refractivity contribution in [3.63, 3.8) is 0 Å². The van der Waals surface area contributed by atoms with Crippen molar-refractivity contribution in [3.8, 4) is 5.75 Å². The molecule has 3 aromatic rings. The van der Waals surface area contributed by atoms with Gasteiger partial charge in [-0.05, 0) is 60.9 Å². The lowest BCUT2D eigenvalue weighted by Gasteiger charge is -2.09. The molecular weight excluding hydrogens is 390 g/mol. The van der Waals surface area contributed by atoms with Crippen LogP contribution in [0.25, 0.3) is 0 Å². The van der Waals surface area contributed by atoms with Gasteiger partial charge in [0.25, 0.3) is 5.91 Å². The maximum Gasteiger partial charge on any atom is 0.255 e. The summed E-state index contributed by atoms with van der Waals surface area (Å²) in [6.45, 7) is 3.72. The van der Waals surface area contributed by atoms with Gasteiger partial charge in [0, 0.05) is 11.3 Å². The molecule has 0 fully saturated rings.